The Bertz CT molecular complexity index is 1670. The first-order valence-electron chi connectivity index (χ1n) is 12.7. The zero-order valence-corrected chi connectivity index (χ0v) is 23.5. The molecule has 1 aliphatic carbocycles. The Morgan fingerprint density at radius 2 is 1.90 bits per heavy atom. The number of aromatic nitrogens is 3. The van der Waals surface area contributed by atoms with Crippen molar-refractivity contribution in [3.05, 3.63) is 63.9 Å². The summed E-state index contributed by atoms with van der Waals surface area (Å²) in [5.74, 6) is -0.742. The first-order chi connectivity index (χ1) is 18.4. The number of sulfone groups is 1. The SMILES string of the molecule is C=CC(=O)N1C[C@H](C)N(c2nc(=O)n(-c3c(C4CCC4)cccc3S(C)(=O)=O)c3nc(Cl)c(F)cc23)C[C@H]1C. The Labute approximate surface area is 230 Å². The molecule has 3 heterocycles. The number of carbonyl (C=O) groups excluding carboxylic acids is 1. The Balaban J connectivity index is 1.79. The normalized spacial score (nSPS) is 20.2. The van der Waals surface area contributed by atoms with Gasteiger partial charge in [0, 0.05) is 31.4 Å². The molecule has 39 heavy (non-hydrogen) atoms. The number of benzene rings is 1. The number of piperazine rings is 1. The van der Waals surface area contributed by atoms with Crippen LogP contribution >= 0.6 is 11.6 Å². The zero-order valence-electron chi connectivity index (χ0n) is 21.9. The van der Waals surface area contributed by atoms with Crippen LogP contribution in [0.4, 0.5) is 10.2 Å². The van der Waals surface area contributed by atoms with Gasteiger partial charge in [0.05, 0.1) is 16.0 Å². The molecule has 2 atom stereocenters. The minimum Gasteiger partial charge on any atom is -0.349 e. The van der Waals surface area contributed by atoms with E-state index in [0.29, 0.717) is 18.7 Å². The number of pyridine rings is 1. The van der Waals surface area contributed by atoms with Gasteiger partial charge in [0.1, 0.15) is 5.82 Å². The lowest BCUT2D eigenvalue weighted by molar-refractivity contribution is -0.128. The average Bonchev–Trinajstić information content (AvgIpc) is 2.84. The molecule has 2 fully saturated rings. The van der Waals surface area contributed by atoms with E-state index in [1.165, 1.54) is 18.2 Å². The van der Waals surface area contributed by atoms with Crippen molar-refractivity contribution in [1.29, 1.82) is 0 Å². The highest BCUT2D eigenvalue weighted by atomic mass is 35.5. The topological polar surface area (TPSA) is 105 Å². The molecule has 12 heteroatoms. The van der Waals surface area contributed by atoms with E-state index in [4.69, 9.17) is 11.6 Å². The van der Waals surface area contributed by atoms with Crippen LogP contribution in [0.15, 0.2) is 46.6 Å². The highest BCUT2D eigenvalue weighted by Gasteiger charge is 2.35. The number of hydrogen-bond donors (Lipinski definition) is 0. The second-order valence-corrected chi connectivity index (χ2v) is 12.7. The molecule has 1 saturated carbocycles. The molecule has 5 rings (SSSR count). The Kier molecular flexibility index (Phi) is 7.00. The predicted octanol–water partition coefficient (Wildman–Crippen LogP) is 3.86. The van der Waals surface area contributed by atoms with Crippen LogP contribution in [0.5, 0.6) is 0 Å². The van der Waals surface area contributed by atoms with Gasteiger partial charge in [-0.1, -0.05) is 36.7 Å². The first-order valence-corrected chi connectivity index (χ1v) is 15.0. The fourth-order valence-electron chi connectivity index (χ4n) is 5.48. The summed E-state index contributed by atoms with van der Waals surface area (Å²) in [4.78, 5) is 38.3. The lowest BCUT2D eigenvalue weighted by atomic mass is 9.79. The third kappa shape index (κ3) is 4.71. The summed E-state index contributed by atoms with van der Waals surface area (Å²) in [6.45, 7) is 7.97. The molecule has 1 aromatic carbocycles. The van der Waals surface area contributed by atoms with Crippen LogP contribution in [0.25, 0.3) is 16.7 Å². The highest BCUT2D eigenvalue weighted by Crippen LogP contribution is 2.42. The van der Waals surface area contributed by atoms with Crippen LogP contribution in [0.1, 0.15) is 44.6 Å². The largest absolute Gasteiger partial charge is 0.355 e. The molecular weight excluding hydrogens is 545 g/mol. The predicted molar refractivity (Wildman–Crippen MR) is 148 cm³/mol. The van der Waals surface area contributed by atoms with E-state index in [0.717, 1.165) is 30.1 Å². The highest BCUT2D eigenvalue weighted by molar-refractivity contribution is 7.90. The summed E-state index contributed by atoms with van der Waals surface area (Å²) in [6.07, 6.45) is 5.03. The van der Waals surface area contributed by atoms with Crippen LogP contribution in [0.3, 0.4) is 0 Å². The summed E-state index contributed by atoms with van der Waals surface area (Å²) >= 11 is 6.12. The smallest absolute Gasteiger partial charge is 0.349 e. The van der Waals surface area contributed by atoms with Gasteiger partial charge in [0.15, 0.2) is 26.5 Å². The minimum atomic E-state index is -3.77. The molecule has 1 amide bonds. The minimum absolute atomic E-state index is 0.0116. The Morgan fingerprint density at radius 1 is 1.18 bits per heavy atom. The quantitative estimate of drug-likeness (QED) is 0.337. The van der Waals surface area contributed by atoms with Gasteiger partial charge in [-0.3, -0.25) is 4.79 Å². The number of amides is 1. The van der Waals surface area contributed by atoms with Crippen molar-refractivity contribution in [2.45, 2.75) is 56.0 Å². The van der Waals surface area contributed by atoms with Gasteiger partial charge in [-0.15, -0.1) is 0 Å². The number of nitrogens with zero attached hydrogens (tertiary/aromatic N) is 5. The summed E-state index contributed by atoms with van der Waals surface area (Å²) in [6, 6.07) is 5.58. The lowest BCUT2D eigenvalue weighted by Gasteiger charge is -2.44. The molecule has 0 bridgehead atoms. The number of fused-ring (bicyclic) bond motifs is 1. The van der Waals surface area contributed by atoms with Crippen LogP contribution in [-0.2, 0) is 14.6 Å². The number of anilines is 1. The maximum atomic E-state index is 14.9. The van der Waals surface area contributed by atoms with Gasteiger partial charge in [-0.05, 0) is 56.4 Å². The van der Waals surface area contributed by atoms with E-state index in [1.54, 1.807) is 11.0 Å². The third-order valence-corrected chi connectivity index (χ3v) is 9.07. The Hall–Kier alpha value is -3.31. The second kappa shape index (κ2) is 10.0. The number of para-hydroxylation sites is 1. The molecule has 9 nitrogen and oxygen atoms in total. The fraction of sp³-hybridized carbons (Fsp3) is 0.407. The molecule has 1 saturated heterocycles. The zero-order chi connectivity index (χ0) is 28.2. The number of rotatable bonds is 5. The van der Waals surface area contributed by atoms with Gasteiger partial charge in [-0.25, -0.2) is 27.2 Å². The van der Waals surface area contributed by atoms with Crippen molar-refractivity contribution in [1.82, 2.24) is 19.4 Å². The van der Waals surface area contributed by atoms with Crippen molar-refractivity contribution in [3.8, 4) is 5.69 Å². The van der Waals surface area contributed by atoms with E-state index in [-0.39, 0.29) is 51.3 Å². The van der Waals surface area contributed by atoms with E-state index < -0.39 is 26.5 Å². The third-order valence-electron chi connectivity index (χ3n) is 7.67. The summed E-state index contributed by atoms with van der Waals surface area (Å²) in [7, 11) is -3.77. The summed E-state index contributed by atoms with van der Waals surface area (Å²) < 4.78 is 41.8. The lowest BCUT2D eigenvalue weighted by Crippen LogP contribution is -2.58. The van der Waals surface area contributed by atoms with Gasteiger partial charge in [0.2, 0.25) is 5.91 Å². The molecule has 206 valence electrons. The van der Waals surface area contributed by atoms with E-state index in [9.17, 15) is 22.4 Å². The number of carbonyl (C=O) groups is 1. The first kappa shape index (κ1) is 27.3. The maximum Gasteiger partial charge on any atom is 0.355 e. The molecule has 0 spiro atoms. The molecule has 0 radical (unpaired) electrons. The standard InChI is InChI=1S/C27H29ClFN5O4S/c1-5-22(35)32-13-16(3)33(14-15(32)2)25-19-12-20(29)24(28)30-26(19)34(27(36)31-25)23-18(17-8-6-9-17)10-7-11-21(23)39(4,37)38/h5,7,10-12,15-17H,1,6,8-9,13-14H2,2-4H3/t15-,16+/m1/s1. The molecule has 0 unspecified atom stereocenters. The van der Waals surface area contributed by atoms with Crippen molar-refractivity contribution in [3.63, 3.8) is 0 Å². The van der Waals surface area contributed by atoms with Gasteiger partial charge >= 0.3 is 5.69 Å². The van der Waals surface area contributed by atoms with Crippen molar-refractivity contribution in [2.75, 3.05) is 24.2 Å². The van der Waals surface area contributed by atoms with Gasteiger partial charge < -0.3 is 9.80 Å². The monoisotopic (exact) mass is 573 g/mol. The number of halogens is 2. The summed E-state index contributed by atoms with van der Waals surface area (Å²) in [5.41, 5.74) is 0.131. The fourth-order valence-corrected chi connectivity index (χ4v) is 6.50. The van der Waals surface area contributed by atoms with Gasteiger partial charge in [-0.2, -0.15) is 4.98 Å². The van der Waals surface area contributed by atoms with Crippen LogP contribution in [0.2, 0.25) is 5.15 Å². The van der Waals surface area contributed by atoms with Gasteiger partial charge in [0.25, 0.3) is 0 Å². The average molecular weight is 574 g/mol. The van der Waals surface area contributed by atoms with Crippen molar-refractivity contribution >= 4 is 44.2 Å². The van der Waals surface area contributed by atoms with Crippen molar-refractivity contribution < 1.29 is 17.6 Å². The molecule has 0 N–H and O–H groups in total. The molecule has 1 aliphatic heterocycles. The van der Waals surface area contributed by atoms with Crippen LogP contribution in [-0.4, -0.2) is 65.2 Å². The molecule has 2 aliphatic rings. The molecule has 3 aromatic rings. The number of hydrogen-bond acceptors (Lipinski definition) is 7. The van der Waals surface area contributed by atoms with Crippen molar-refractivity contribution in [2.24, 2.45) is 0 Å². The summed E-state index contributed by atoms with van der Waals surface area (Å²) in [5, 5.41) is -0.237. The van der Waals surface area contributed by atoms with E-state index in [1.807, 2.05) is 24.8 Å². The second-order valence-electron chi connectivity index (χ2n) is 10.3. The Morgan fingerprint density at radius 3 is 2.51 bits per heavy atom. The van der Waals surface area contributed by atoms with E-state index >= 15 is 0 Å². The van der Waals surface area contributed by atoms with E-state index in [2.05, 4.69) is 16.5 Å². The van der Waals surface area contributed by atoms with Crippen LogP contribution in [0, 0.1) is 5.82 Å². The molecular formula is C27H29ClFN5O4S. The maximum absolute atomic E-state index is 14.9. The molecule has 2 aromatic heterocycles. The van der Waals surface area contributed by atoms with Crippen LogP contribution < -0.4 is 10.6 Å².